The topological polar surface area (TPSA) is 24.9 Å². The number of unbranched alkanes of at least 4 members (excludes halogenated alkanes) is 1. The van der Waals surface area contributed by atoms with Crippen molar-refractivity contribution in [2.24, 2.45) is 0 Å². The minimum Gasteiger partial charge on any atom is -0.380 e. The molecule has 0 bridgehead atoms. The first-order valence-corrected chi connectivity index (χ1v) is 9.13. The molecule has 0 fully saturated rings. The molecule has 1 N–H and O–H groups in total. The zero-order chi connectivity index (χ0) is 16.3. The van der Waals surface area contributed by atoms with Crippen LogP contribution >= 0.6 is 11.3 Å². The number of rotatable bonds is 6. The standard InChI is InChI=1S/C20H24N2S/c1-4-5-14-20(2,3)22-16-12-10-15(11-13-16)19-21-17-8-6-7-9-18(17)23-19/h6-13,22H,4-5,14H2,1-3H3. The van der Waals surface area contributed by atoms with Crippen LogP contribution in [0.2, 0.25) is 0 Å². The summed E-state index contributed by atoms with van der Waals surface area (Å²) >= 11 is 1.75. The molecule has 0 aliphatic heterocycles. The Kier molecular flexibility index (Phi) is 4.67. The minimum absolute atomic E-state index is 0.132. The highest BCUT2D eigenvalue weighted by molar-refractivity contribution is 7.21. The lowest BCUT2D eigenvalue weighted by Gasteiger charge is -2.27. The molecule has 0 aliphatic rings. The van der Waals surface area contributed by atoms with Crippen molar-refractivity contribution in [3.63, 3.8) is 0 Å². The lowest BCUT2D eigenvalue weighted by Crippen LogP contribution is -2.30. The summed E-state index contributed by atoms with van der Waals surface area (Å²) in [5.41, 5.74) is 3.57. The molecule has 3 aromatic rings. The molecule has 23 heavy (non-hydrogen) atoms. The molecular weight excluding hydrogens is 300 g/mol. The first-order valence-electron chi connectivity index (χ1n) is 8.31. The van der Waals surface area contributed by atoms with E-state index in [9.17, 15) is 0 Å². The molecule has 3 rings (SSSR count). The van der Waals surface area contributed by atoms with Gasteiger partial charge in [-0.05, 0) is 56.7 Å². The number of hydrogen-bond acceptors (Lipinski definition) is 3. The van der Waals surface area contributed by atoms with E-state index in [2.05, 4.69) is 68.6 Å². The monoisotopic (exact) mass is 324 g/mol. The van der Waals surface area contributed by atoms with Crippen LogP contribution in [0.1, 0.15) is 40.0 Å². The largest absolute Gasteiger partial charge is 0.380 e. The maximum Gasteiger partial charge on any atom is 0.124 e. The van der Waals surface area contributed by atoms with Crippen molar-refractivity contribution in [2.75, 3.05) is 5.32 Å². The molecule has 120 valence electrons. The van der Waals surface area contributed by atoms with Gasteiger partial charge in [-0.1, -0.05) is 31.9 Å². The smallest absolute Gasteiger partial charge is 0.124 e. The van der Waals surface area contributed by atoms with Crippen molar-refractivity contribution in [2.45, 2.75) is 45.6 Å². The van der Waals surface area contributed by atoms with Gasteiger partial charge < -0.3 is 5.32 Å². The Balaban J connectivity index is 1.76. The lowest BCUT2D eigenvalue weighted by molar-refractivity contribution is 0.493. The second kappa shape index (κ2) is 6.71. The third-order valence-electron chi connectivity index (χ3n) is 4.06. The summed E-state index contributed by atoms with van der Waals surface area (Å²) < 4.78 is 1.24. The minimum atomic E-state index is 0.132. The van der Waals surface area contributed by atoms with Crippen molar-refractivity contribution in [3.8, 4) is 10.6 Å². The van der Waals surface area contributed by atoms with Crippen LogP contribution in [0, 0.1) is 0 Å². The molecular formula is C20H24N2S. The second-order valence-corrected chi connectivity index (χ2v) is 7.71. The first kappa shape index (κ1) is 16.0. The van der Waals surface area contributed by atoms with E-state index >= 15 is 0 Å². The Morgan fingerprint density at radius 1 is 1.04 bits per heavy atom. The van der Waals surface area contributed by atoms with E-state index in [1.54, 1.807) is 11.3 Å². The first-order chi connectivity index (χ1) is 11.1. The highest BCUT2D eigenvalue weighted by Crippen LogP contribution is 2.31. The van der Waals surface area contributed by atoms with E-state index < -0.39 is 0 Å². The number of nitrogens with one attached hydrogen (secondary N) is 1. The van der Waals surface area contributed by atoms with Crippen LogP contribution < -0.4 is 5.32 Å². The summed E-state index contributed by atoms with van der Waals surface area (Å²) in [4.78, 5) is 4.73. The maximum absolute atomic E-state index is 4.73. The zero-order valence-electron chi connectivity index (χ0n) is 14.1. The molecule has 1 heterocycles. The van der Waals surface area contributed by atoms with Crippen LogP contribution in [0.4, 0.5) is 5.69 Å². The van der Waals surface area contributed by atoms with Crippen molar-refractivity contribution in [3.05, 3.63) is 48.5 Å². The normalized spacial score (nSPS) is 11.8. The average molecular weight is 324 g/mol. The molecule has 2 aromatic carbocycles. The highest BCUT2D eigenvalue weighted by atomic mass is 32.1. The van der Waals surface area contributed by atoms with Gasteiger partial charge in [0, 0.05) is 16.8 Å². The predicted octanol–water partition coefficient (Wildman–Crippen LogP) is 6.34. The van der Waals surface area contributed by atoms with Gasteiger partial charge in [-0.15, -0.1) is 11.3 Å². The Morgan fingerprint density at radius 3 is 2.48 bits per heavy atom. The van der Waals surface area contributed by atoms with Crippen molar-refractivity contribution < 1.29 is 0 Å². The van der Waals surface area contributed by atoms with E-state index in [-0.39, 0.29) is 5.54 Å². The van der Waals surface area contributed by atoms with E-state index in [1.807, 2.05) is 6.07 Å². The summed E-state index contributed by atoms with van der Waals surface area (Å²) in [6, 6.07) is 17.0. The fraction of sp³-hybridized carbons (Fsp3) is 0.350. The van der Waals surface area contributed by atoms with Gasteiger partial charge in [0.25, 0.3) is 0 Å². The SMILES string of the molecule is CCCCC(C)(C)Nc1ccc(-c2nc3ccccc3s2)cc1. The Hall–Kier alpha value is -1.87. The van der Waals surface area contributed by atoms with Gasteiger partial charge in [0.1, 0.15) is 5.01 Å². The van der Waals surface area contributed by atoms with Crippen molar-refractivity contribution in [1.29, 1.82) is 0 Å². The molecule has 0 aliphatic carbocycles. The maximum atomic E-state index is 4.73. The molecule has 2 nitrogen and oxygen atoms in total. The molecule has 3 heteroatoms. The van der Waals surface area contributed by atoms with Gasteiger partial charge in [-0.3, -0.25) is 0 Å². The quantitative estimate of drug-likeness (QED) is 0.572. The number of aromatic nitrogens is 1. The van der Waals surface area contributed by atoms with Gasteiger partial charge >= 0.3 is 0 Å². The molecule has 0 amide bonds. The summed E-state index contributed by atoms with van der Waals surface area (Å²) in [6.45, 7) is 6.77. The summed E-state index contributed by atoms with van der Waals surface area (Å²) in [5.74, 6) is 0. The highest BCUT2D eigenvalue weighted by Gasteiger charge is 2.16. The number of benzene rings is 2. The van der Waals surface area contributed by atoms with Crippen LogP contribution in [-0.4, -0.2) is 10.5 Å². The van der Waals surface area contributed by atoms with Crippen molar-refractivity contribution >= 4 is 27.2 Å². The molecule has 1 aromatic heterocycles. The predicted molar refractivity (Wildman–Crippen MR) is 102 cm³/mol. The van der Waals surface area contributed by atoms with Gasteiger partial charge in [0.2, 0.25) is 0 Å². The van der Waals surface area contributed by atoms with Crippen LogP contribution in [0.25, 0.3) is 20.8 Å². The van der Waals surface area contributed by atoms with E-state index in [0.717, 1.165) is 10.5 Å². The van der Waals surface area contributed by atoms with Gasteiger partial charge in [0.15, 0.2) is 0 Å². The zero-order valence-corrected chi connectivity index (χ0v) is 14.9. The van der Waals surface area contributed by atoms with Crippen LogP contribution in [0.15, 0.2) is 48.5 Å². The number of nitrogens with zero attached hydrogens (tertiary/aromatic N) is 1. The third-order valence-corrected chi connectivity index (χ3v) is 5.15. The molecule has 0 radical (unpaired) electrons. The van der Waals surface area contributed by atoms with Crippen molar-refractivity contribution in [1.82, 2.24) is 4.98 Å². The second-order valence-electron chi connectivity index (χ2n) is 6.68. The van der Waals surface area contributed by atoms with Crippen LogP contribution in [-0.2, 0) is 0 Å². The summed E-state index contributed by atoms with van der Waals surface area (Å²) in [7, 11) is 0. The molecule has 0 unspecified atom stereocenters. The molecule has 0 spiro atoms. The Bertz CT molecular complexity index is 739. The summed E-state index contributed by atoms with van der Waals surface area (Å²) in [5, 5.41) is 4.73. The number of para-hydroxylation sites is 1. The molecule has 0 saturated heterocycles. The van der Waals surface area contributed by atoms with Gasteiger partial charge in [-0.25, -0.2) is 4.98 Å². The Morgan fingerprint density at radius 2 is 1.78 bits per heavy atom. The molecule has 0 atom stereocenters. The Labute approximate surface area is 142 Å². The van der Waals surface area contributed by atoms with E-state index in [4.69, 9.17) is 4.98 Å². The van der Waals surface area contributed by atoms with Crippen LogP contribution in [0.5, 0.6) is 0 Å². The van der Waals surface area contributed by atoms with Gasteiger partial charge in [-0.2, -0.15) is 0 Å². The van der Waals surface area contributed by atoms with Gasteiger partial charge in [0.05, 0.1) is 10.2 Å². The van der Waals surface area contributed by atoms with E-state index in [0.29, 0.717) is 0 Å². The number of thiazole rings is 1. The number of hydrogen-bond donors (Lipinski definition) is 1. The average Bonchev–Trinajstić information content (AvgIpc) is 2.97. The lowest BCUT2D eigenvalue weighted by atomic mass is 9.97. The fourth-order valence-electron chi connectivity index (χ4n) is 2.76. The molecule has 0 saturated carbocycles. The number of anilines is 1. The van der Waals surface area contributed by atoms with E-state index in [1.165, 1.54) is 35.2 Å². The third kappa shape index (κ3) is 3.91. The van der Waals surface area contributed by atoms with Crippen LogP contribution in [0.3, 0.4) is 0 Å². The fourth-order valence-corrected chi connectivity index (χ4v) is 3.73. The number of fused-ring (bicyclic) bond motifs is 1. The summed E-state index contributed by atoms with van der Waals surface area (Å²) in [6.07, 6.45) is 3.68.